The summed E-state index contributed by atoms with van der Waals surface area (Å²) in [7, 11) is 6.88. The zero-order chi connectivity index (χ0) is 37.0. The maximum absolute atomic E-state index is 12.3. The van der Waals surface area contributed by atoms with Crippen LogP contribution < -0.4 is 21.2 Å². The zero-order valence-electron chi connectivity index (χ0n) is 25.2. The molecule has 0 bridgehead atoms. The van der Waals surface area contributed by atoms with Crippen molar-refractivity contribution in [3.63, 3.8) is 0 Å². The van der Waals surface area contributed by atoms with Gasteiger partial charge in [-0.2, -0.15) is 39.5 Å². The second kappa shape index (κ2) is 16.4. The van der Waals surface area contributed by atoms with Crippen molar-refractivity contribution in [2.24, 2.45) is 21.1 Å². The van der Waals surface area contributed by atoms with Gasteiger partial charge in [0.15, 0.2) is 28.8 Å². The monoisotopic (exact) mass is 750 g/mol. The highest BCUT2D eigenvalue weighted by Crippen LogP contribution is 2.37. The summed E-state index contributed by atoms with van der Waals surface area (Å²) < 4.78 is 113. The molecule has 0 aliphatic carbocycles. The molecule has 48 heavy (non-hydrogen) atoms. The fourth-order valence-corrected chi connectivity index (χ4v) is 3.95. The number of aliphatic hydroxyl groups excluding tert-OH is 1. The van der Waals surface area contributed by atoms with E-state index in [0.717, 1.165) is 32.2 Å². The second-order valence-electron chi connectivity index (χ2n) is 9.88. The van der Waals surface area contributed by atoms with E-state index in [1.54, 1.807) is 0 Å². The highest BCUT2D eigenvalue weighted by molar-refractivity contribution is 6.21. The molecule has 3 aromatic rings. The smallest absolute Gasteiger partial charge is 0.420 e. The zero-order valence-corrected chi connectivity index (χ0v) is 26.8. The van der Waals surface area contributed by atoms with E-state index in [4.69, 9.17) is 26.9 Å². The number of anilines is 1. The van der Waals surface area contributed by atoms with Gasteiger partial charge in [-0.1, -0.05) is 0 Å². The van der Waals surface area contributed by atoms with Gasteiger partial charge in [0, 0.05) is 77.2 Å². The number of alkyl halides is 10. The van der Waals surface area contributed by atoms with Gasteiger partial charge in [0.05, 0.1) is 12.1 Å². The minimum Gasteiger partial charge on any atom is -0.503 e. The summed E-state index contributed by atoms with van der Waals surface area (Å²) in [5, 5.41) is 34.0. The Kier molecular flexibility index (Phi) is 15.0. The number of hydrogen-bond donors (Lipinski definition) is 4. The van der Waals surface area contributed by atoms with E-state index in [1.807, 2.05) is 0 Å². The highest BCUT2D eigenvalue weighted by atomic mass is 35.5. The lowest BCUT2D eigenvalue weighted by Crippen LogP contribution is -2.25. The maximum atomic E-state index is 12.3. The molecule has 0 spiro atoms. The van der Waals surface area contributed by atoms with Gasteiger partial charge in [-0.15, -0.1) is 24.0 Å². The van der Waals surface area contributed by atoms with Crippen LogP contribution in [0.1, 0.15) is 28.6 Å². The van der Waals surface area contributed by atoms with Crippen molar-refractivity contribution in [3.05, 3.63) is 78.3 Å². The fourth-order valence-electron chi connectivity index (χ4n) is 3.73. The summed E-state index contributed by atoms with van der Waals surface area (Å²) in [6, 6.07) is 2.02. The van der Waals surface area contributed by atoms with Crippen LogP contribution in [0.25, 0.3) is 0 Å². The van der Waals surface area contributed by atoms with Gasteiger partial charge in [-0.25, -0.2) is 0 Å². The fraction of sp³-hybridized carbons (Fsp3) is 0.423. The van der Waals surface area contributed by atoms with Crippen LogP contribution in [-0.4, -0.2) is 66.8 Å². The number of halogens is 11. The number of aromatic hydroxyl groups is 3. The van der Waals surface area contributed by atoms with Crippen LogP contribution in [0.3, 0.4) is 0 Å². The molecule has 0 amide bonds. The van der Waals surface area contributed by atoms with Crippen molar-refractivity contribution in [1.82, 2.24) is 13.7 Å². The number of aliphatic hydroxyl groups is 1. The van der Waals surface area contributed by atoms with E-state index in [1.165, 1.54) is 40.1 Å². The average molecular weight is 751 g/mol. The van der Waals surface area contributed by atoms with Gasteiger partial charge in [0.25, 0.3) is 0 Å². The summed E-state index contributed by atoms with van der Waals surface area (Å²) in [6.07, 6.45) is -16.1. The number of hydrogen-bond acceptors (Lipinski definition) is 8. The van der Waals surface area contributed by atoms with Gasteiger partial charge >= 0.3 is 18.5 Å². The van der Waals surface area contributed by atoms with Crippen LogP contribution in [0, 0.1) is 0 Å². The first-order valence-corrected chi connectivity index (χ1v) is 12.9. The molecule has 0 fully saturated rings. The van der Waals surface area contributed by atoms with Crippen LogP contribution >= 0.6 is 24.0 Å². The average Bonchev–Trinajstić information content (AvgIpc) is 2.89. The molecule has 3 rings (SSSR count). The van der Waals surface area contributed by atoms with Crippen LogP contribution in [0.2, 0.25) is 0 Å². The lowest BCUT2D eigenvalue weighted by Gasteiger charge is -2.21. The normalized spacial score (nSPS) is 12.8. The largest absolute Gasteiger partial charge is 0.503 e. The molecule has 272 valence electrons. The molecule has 4 N–H and O–H groups in total. The van der Waals surface area contributed by atoms with E-state index < -0.39 is 81.4 Å². The molecule has 0 saturated carbocycles. The highest BCUT2D eigenvalue weighted by Gasteiger charge is 2.41. The van der Waals surface area contributed by atoms with Gasteiger partial charge in [-0.3, -0.25) is 14.4 Å². The van der Waals surface area contributed by atoms with E-state index >= 15 is 0 Å². The number of nitrogens with zero attached hydrogens (tertiary/aromatic N) is 4. The molecular weight excluding hydrogens is 722 g/mol. The molecule has 2 atom stereocenters. The first-order valence-electron chi connectivity index (χ1n) is 12.5. The molecule has 3 heterocycles. The van der Waals surface area contributed by atoms with Gasteiger partial charge < -0.3 is 39.0 Å². The van der Waals surface area contributed by atoms with E-state index in [9.17, 15) is 59.0 Å². The van der Waals surface area contributed by atoms with Crippen molar-refractivity contribution in [3.8, 4) is 17.2 Å². The SMILES string of the molecule is CN(C)c1c(O)c(=O)cc(CC(F)(F)F)n1C.Cl.Cn1cc(O)c(=O)cc1C(Cl)C(F)(F)F.Cn1cc(O)c(=O)cc1C(O)C(F)(F)F. The Labute approximate surface area is 275 Å². The molecule has 2 unspecified atom stereocenters. The Balaban J connectivity index is 0.000000685. The third-order valence-electron chi connectivity index (χ3n) is 5.94. The van der Waals surface area contributed by atoms with E-state index in [-0.39, 0.29) is 23.9 Å². The lowest BCUT2D eigenvalue weighted by atomic mass is 10.2. The van der Waals surface area contributed by atoms with Crippen molar-refractivity contribution in [2.45, 2.75) is 36.4 Å². The first kappa shape index (κ1) is 44.0. The van der Waals surface area contributed by atoms with Crippen LogP contribution in [0.15, 0.2) is 45.0 Å². The van der Waals surface area contributed by atoms with E-state index in [2.05, 4.69) is 0 Å². The van der Waals surface area contributed by atoms with Crippen LogP contribution in [0.4, 0.5) is 45.3 Å². The Morgan fingerprint density at radius 3 is 1.54 bits per heavy atom. The molecule has 11 nitrogen and oxygen atoms in total. The predicted molar refractivity (Wildman–Crippen MR) is 157 cm³/mol. The van der Waals surface area contributed by atoms with Crippen molar-refractivity contribution in [2.75, 3.05) is 19.0 Å². The van der Waals surface area contributed by atoms with Crippen LogP contribution in [-0.2, 0) is 27.6 Å². The maximum Gasteiger partial charge on any atom is 0.420 e. The minimum atomic E-state index is -4.85. The number of rotatable bonds is 4. The van der Waals surface area contributed by atoms with Crippen molar-refractivity contribution in [1.29, 1.82) is 0 Å². The quantitative estimate of drug-likeness (QED) is 0.228. The predicted octanol–water partition coefficient (Wildman–Crippen LogP) is 4.30. The number of aryl methyl sites for hydroxylation is 2. The molecule has 22 heteroatoms. The molecule has 0 radical (unpaired) electrons. The van der Waals surface area contributed by atoms with Crippen molar-refractivity contribution >= 4 is 29.8 Å². The molecular formula is C26H29Cl2F9N4O7. The third-order valence-corrected chi connectivity index (χ3v) is 6.41. The summed E-state index contributed by atoms with van der Waals surface area (Å²) in [5.41, 5.74) is -3.89. The molecule has 3 aromatic heterocycles. The molecule has 0 saturated heterocycles. The Morgan fingerprint density at radius 1 is 0.750 bits per heavy atom. The Hall–Kier alpha value is -4.04. The minimum absolute atomic E-state index is 0. The summed E-state index contributed by atoms with van der Waals surface area (Å²) in [5.74, 6) is -1.79. The lowest BCUT2D eigenvalue weighted by molar-refractivity contribution is -0.208. The summed E-state index contributed by atoms with van der Waals surface area (Å²) in [4.78, 5) is 34.5. The second-order valence-corrected chi connectivity index (χ2v) is 10.3. The summed E-state index contributed by atoms with van der Waals surface area (Å²) in [6.45, 7) is 0. The summed E-state index contributed by atoms with van der Waals surface area (Å²) >= 11 is 5.15. The first-order chi connectivity index (χ1) is 21.1. The van der Waals surface area contributed by atoms with Gasteiger partial charge in [-0.05, 0) is 0 Å². The Bertz CT molecular complexity index is 1650. The van der Waals surface area contributed by atoms with Crippen LogP contribution in [0.5, 0.6) is 17.2 Å². The molecule has 0 aliphatic rings. The Morgan fingerprint density at radius 2 is 1.17 bits per heavy atom. The standard InChI is InChI=1S/C10H13F3N2O2.C8H7ClF3NO2.C8H8F3NO3.ClH/c1-14(2)9-8(17)7(16)4-6(15(9)3)5-10(11,12)13;1-13-3-6(15)5(14)2-4(13)7(9)8(10,11)12;1-12-3-6(14)5(13)2-4(12)7(15)8(9,10)11;/h4,17H,5H2,1-3H3;2-3,7,15H,1H3;2-3,7,14-15H,1H3;1H. The third kappa shape index (κ3) is 11.9. The van der Waals surface area contributed by atoms with Gasteiger partial charge in [0.1, 0.15) is 0 Å². The van der Waals surface area contributed by atoms with Crippen molar-refractivity contribution < 1.29 is 59.9 Å². The topological polar surface area (TPSA) is 150 Å². The van der Waals surface area contributed by atoms with Gasteiger partial charge in [0.2, 0.25) is 22.0 Å². The number of aromatic nitrogens is 3. The molecule has 0 aromatic carbocycles. The molecule has 0 aliphatic heterocycles. The van der Waals surface area contributed by atoms with E-state index in [0.29, 0.717) is 12.1 Å². The number of pyridine rings is 3.